The molecule has 0 aliphatic carbocycles. The van der Waals surface area contributed by atoms with E-state index in [1.165, 1.54) is 13.8 Å². The molecule has 1 aromatic carbocycles. The minimum absolute atomic E-state index is 0.0441. The second-order valence-electron chi connectivity index (χ2n) is 19.6. The van der Waals surface area contributed by atoms with Crippen LogP contribution in [0, 0.1) is 23.7 Å². The summed E-state index contributed by atoms with van der Waals surface area (Å²) in [4.78, 5) is 136. The first-order valence-corrected chi connectivity index (χ1v) is 24.2. The van der Waals surface area contributed by atoms with Crippen LogP contribution in [0.25, 0.3) is 0 Å². The van der Waals surface area contributed by atoms with Gasteiger partial charge in [-0.3, -0.25) is 48.1 Å². The molecule has 0 aromatic heterocycles. The molecule has 0 fully saturated rings. The van der Waals surface area contributed by atoms with Crippen LogP contribution in [0.1, 0.15) is 113 Å². The quantitative estimate of drug-likeness (QED) is 0.0231. The highest BCUT2D eigenvalue weighted by molar-refractivity contribution is 5.98. The minimum atomic E-state index is -1.78. The molecule has 16 N–H and O–H groups in total. The molecule has 0 heterocycles. The van der Waals surface area contributed by atoms with Crippen LogP contribution in [-0.4, -0.2) is 136 Å². The van der Waals surface area contributed by atoms with Gasteiger partial charge in [-0.25, -0.2) is 4.79 Å². The van der Waals surface area contributed by atoms with Gasteiger partial charge in [0.25, 0.3) is 0 Å². The van der Waals surface area contributed by atoms with Crippen molar-refractivity contribution >= 4 is 65.2 Å². The molecule has 24 heteroatoms. The molecule has 404 valence electrons. The first kappa shape index (κ1) is 63.2. The minimum Gasteiger partial charge on any atom is -0.481 e. The molecular formula is C48H80N12O12. The number of benzene rings is 1. The van der Waals surface area contributed by atoms with Crippen LogP contribution in [0.5, 0.6) is 0 Å². The maximum Gasteiger partial charge on any atom is 0.326 e. The number of nitrogens with two attached hydrogens (primary N) is 3. The van der Waals surface area contributed by atoms with Crippen LogP contribution < -0.4 is 59.7 Å². The van der Waals surface area contributed by atoms with Crippen LogP contribution >= 0.6 is 0 Å². The molecule has 0 aliphatic heterocycles. The van der Waals surface area contributed by atoms with Gasteiger partial charge in [-0.05, 0) is 81.6 Å². The maximum absolute atomic E-state index is 14.0. The number of aliphatic imine (C=N–C) groups is 1. The summed E-state index contributed by atoms with van der Waals surface area (Å²) in [5, 5.41) is 39.3. The highest BCUT2D eigenvalue weighted by Crippen LogP contribution is 2.13. The number of carbonyl (C=O) groups is 10. The molecule has 0 saturated heterocycles. The van der Waals surface area contributed by atoms with Crippen LogP contribution in [0.4, 0.5) is 0 Å². The molecule has 0 aliphatic rings. The van der Waals surface area contributed by atoms with Crippen molar-refractivity contribution in [2.24, 2.45) is 45.9 Å². The van der Waals surface area contributed by atoms with E-state index in [2.05, 4.69) is 47.5 Å². The summed E-state index contributed by atoms with van der Waals surface area (Å²) in [5.41, 5.74) is 17.8. The lowest BCUT2D eigenvalue weighted by Gasteiger charge is -2.28. The SMILES string of the molecule is CC(C)C[C@H](NC(=O)[C@H](CC(C)C)NC(=O)[C@H](CC(C)C)NC(=O)[C@@H](N)Cc1ccccc1)C(=O)N[C@@H](C)C(=O)N[C@@H](CC(=O)O)C(=O)N[C@@H](C)C(=O)N[C@@H](CCCN=C(N)N)C(=O)N[C@H](C(=O)O)C(C)C. The van der Waals surface area contributed by atoms with E-state index in [0.29, 0.717) is 0 Å². The second kappa shape index (κ2) is 31.5. The molecule has 9 atom stereocenters. The van der Waals surface area contributed by atoms with Gasteiger partial charge in [0.2, 0.25) is 47.3 Å². The van der Waals surface area contributed by atoms with Gasteiger partial charge in [0.05, 0.1) is 12.5 Å². The van der Waals surface area contributed by atoms with Crippen molar-refractivity contribution in [3.63, 3.8) is 0 Å². The average molecular weight is 1020 g/mol. The Balaban J connectivity index is 3.19. The number of guanidine groups is 1. The van der Waals surface area contributed by atoms with Gasteiger partial charge in [-0.1, -0.05) is 85.7 Å². The Hall–Kier alpha value is -6.85. The van der Waals surface area contributed by atoms with Gasteiger partial charge in [-0.2, -0.15) is 0 Å². The number of rotatable bonds is 32. The Labute approximate surface area is 421 Å². The number of carbonyl (C=O) groups excluding carboxylic acids is 8. The smallest absolute Gasteiger partial charge is 0.326 e. The third-order valence-electron chi connectivity index (χ3n) is 11.0. The Bertz CT molecular complexity index is 2030. The van der Waals surface area contributed by atoms with Gasteiger partial charge in [-0.15, -0.1) is 0 Å². The van der Waals surface area contributed by atoms with Gasteiger partial charge in [0.1, 0.15) is 48.3 Å². The monoisotopic (exact) mass is 1020 g/mol. The Morgan fingerprint density at radius 1 is 0.514 bits per heavy atom. The molecule has 8 amide bonds. The third kappa shape index (κ3) is 24.3. The number of carboxylic acids is 2. The van der Waals surface area contributed by atoms with E-state index in [1.807, 2.05) is 58.0 Å². The van der Waals surface area contributed by atoms with Crippen molar-refractivity contribution in [1.29, 1.82) is 0 Å². The lowest BCUT2D eigenvalue weighted by molar-refractivity contribution is -0.143. The number of carboxylic acid groups (broad SMARTS) is 2. The molecule has 72 heavy (non-hydrogen) atoms. The van der Waals surface area contributed by atoms with E-state index in [4.69, 9.17) is 17.2 Å². The van der Waals surface area contributed by atoms with E-state index < -0.39 is 126 Å². The highest BCUT2D eigenvalue weighted by atomic mass is 16.4. The summed E-state index contributed by atoms with van der Waals surface area (Å²) in [6.07, 6.45) is -0.137. The van der Waals surface area contributed by atoms with Gasteiger partial charge in [0.15, 0.2) is 5.96 Å². The number of nitrogens with zero attached hydrogens (tertiary/aromatic N) is 1. The standard InChI is InChI=1S/C48H80N12O12/c1-24(2)19-33(58-46(70)35(21-26(5)6)59-45(69)34(20-25(3)4)57-41(65)31(49)22-30-15-12-11-13-16-30)43(67)53-29(10)40(64)56-36(23-37(61)62)44(68)54-28(9)39(63)55-32(17-14-18-52-48(50)51)42(66)60-38(27(7)8)47(71)72/h11-13,15-16,24-29,31-36,38H,14,17-23,49H2,1-10H3,(H,53,67)(H,54,68)(H,55,63)(H,56,64)(H,57,65)(H,58,70)(H,59,69)(H,60,66)(H,61,62)(H,71,72)(H4,50,51,52)/t28-,29-,31-,32-,33-,34-,35-,36-,38-/m0/s1. The predicted molar refractivity (Wildman–Crippen MR) is 268 cm³/mol. The van der Waals surface area contributed by atoms with Gasteiger partial charge < -0.3 is 69.9 Å². The summed E-state index contributed by atoms with van der Waals surface area (Å²) in [5.74, 6) is -10.5. The van der Waals surface area contributed by atoms with Crippen molar-refractivity contribution in [1.82, 2.24) is 42.5 Å². The second-order valence-corrected chi connectivity index (χ2v) is 19.6. The lowest BCUT2D eigenvalue weighted by Crippen LogP contribution is -2.60. The maximum atomic E-state index is 14.0. The number of amides is 8. The van der Waals surface area contributed by atoms with Crippen molar-refractivity contribution in [2.45, 2.75) is 169 Å². The lowest BCUT2D eigenvalue weighted by atomic mass is 9.98. The van der Waals surface area contributed by atoms with E-state index >= 15 is 0 Å². The first-order chi connectivity index (χ1) is 33.5. The normalized spacial score (nSPS) is 15.0. The number of nitrogens with one attached hydrogen (secondary N) is 8. The van der Waals surface area contributed by atoms with E-state index in [-0.39, 0.29) is 68.8 Å². The van der Waals surface area contributed by atoms with Crippen molar-refractivity contribution < 1.29 is 58.2 Å². The number of hydrogen-bond donors (Lipinski definition) is 13. The Kier molecular flexibility index (Phi) is 27.6. The van der Waals surface area contributed by atoms with Crippen LogP contribution in [0.15, 0.2) is 35.3 Å². The zero-order chi connectivity index (χ0) is 55.0. The van der Waals surface area contributed by atoms with Gasteiger partial charge >= 0.3 is 11.9 Å². The predicted octanol–water partition coefficient (Wildman–Crippen LogP) is -1.12. The summed E-state index contributed by atoms with van der Waals surface area (Å²) in [7, 11) is 0. The van der Waals surface area contributed by atoms with Crippen LogP contribution in [0.2, 0.25) is 0 Å². The number of hydrogen-bond acceptors (Lipinski definition) is 12. The van der Waals surface area contributed by atoms with Crippen molar-refractivity contribution in [3.8, 4) is 0 Å². The molecule has 1 rings (SSSR count). The van der Waals surface area contributed by atoms with Crippen molar-refractivity contribution in [3.05, 3.63) is 35.9 Å². The van der Waals surface area contributed by atoms with E-state index in [9.17, 15) is 58.2 Å². The first-order valence-electron chi connectivity index (χ1n) is 24.2. The molecule has 0 saturated carbocycles. The Morgan fingerprint density at radius 3 is 1.31 bits per heavy atom. The van der Waals surface area contributed by atoms with Crippen LogP contribution in [-0.2, 0) is 54.4 Å². The fourth-order valence-corrected chi connectivity index (χ4v) is 7.17. The van der Waals surface area contributed by atoms with E-state index in [0.717, 1.165) is 5.56 Å². The van der Waals surface area contributed by atoms with Gasteiger partial charge in [0, 0.05) is 6.54 Å². The molecule has 0 radical (unpaired) electrons. The van der Waals surface area contributed by atoms with Crippen molar-refractivity contribution in [2.75, 3.05) is 6.54 Å². The molecule has 0 bridgehead atoms. The molecule has 1 aromatic rings. The summed E-state index contributed by atoms with van der Waals surface area (Å²) in [6, 6.07) is -2.48. The average Bonchev–Trinajstić information content (AvgIpc) is 3.27. The van der Waals surface area contributed by atoms with Crippen LogP contribution in [0.3, 0.4) is 0 Å². The molecule has 0 spiro atoms. The Morgan fingerprint density at radius 2 is 0.903 bits per heavy atom. The fourth-order valence-electron chi connectivity index (χ4n) is 7.17. The van der Waals surface area contributed by atoms with E-state index in [1.54, 1.807) is 27.7 Å². The zero-order valence-electron chi connectivity index (χ0n) is 43.2. The zero-order valence-corrected chi connectivity index (χ0v) is 43.2. The highest BCUT2D eigenvalue weighted by Gasteiger charge is 2.35. The summed E-state index contributed by atoms with van der Waals surface area (Å²) in [6.45, 7) is 16.7. The largest absolute Gasteiger partial charge is 0.481 e. The molecular weight excluding hydrogens is 937 g/mol. The molecule has 0 unspecified atom stereocenters. The topological polar surface area (TPSA) is 398 Å². The summed E-state index contributed by atoms with van der Waals surface area (Å²) >= 11 is 0. The number of aliphatic carboxylic acids is 2. The molecule has 24 nitrogen and oxygen atoms in total. The third-order valence-corrected chi connectivity index (χ3v) is 11.0. The summed E-state index contributed by atoms with van der Waals surface area (Å²) < 4.78 is 0. The fraction of sp³-hybridized carbons (Fsp3) is 0.646.